The first kappa shape index (κ1) is 13.7. The molecular weight excluding hydrogens is 334 g/mol. The number of hydrogen-bond donors (Lipinski definition) is 1. The van der Waals surface area contributed by atoms with Crippen LogP contribution in [0.25, 0.3) is 11.0 Å². The largest absolute Gasteiger partial charge is 0.313 e. The van der Waals surface area contributed by atoms with Gasteiger partial charge in [-0.3, -0.25) is 9.97 Å². The molecule has 1 aromatic carbocycles. The molecule has 2 aromatic heterocycles. The fraction of sp³-hybridized carbons (Fsp3) is 0.200. The Balaban J connectivity index is 1.90. The molecular formula is C15H14BrN3S. The summed E-state index contributed by atoms with van der Waals surface area (Å²) in [5.74, 6) is 0. The third kappa shape index (κ3) is 2.90. The van der Waals surface area contributed by atoms with Crippen molar-refractivity contribution in [3.8, 4) is 0 Å². The second kappa shape index (κ2) is 5.99. The topological polar surface area (TPSA) is 37.8 Å². The van der Waals surface area contributed by atoms with Gasteiger partial charge in [0.2, 0.25) is 0 Å². The predicted molar refractivity (Wildman–Crippen MR) is 87.1 cm³/mol. The number of benzene rings is 1. The van der Waals surface area contributed by atoms with Gasteiger partial charge in [0.15, 0.2) is 0 Å². The van der Waals surface area contributed by atoms with Crippen LogP contribution in [0.5, 0.6) is 0 Å². The summed E-state index contributed by atoms with van der Waals surface area (Å²) >= 11 is 5.28. The molecule has 3 nitrogen and oxygen atoms in total. The van der Waals surface area contributed by atoms with Crippen LogP contribution in [0.3, 0.4) is 0 Å². The molecule has 2 heterocycles. The Kier molecular flexibility index (Phi) is 4.10. The summed E-state index contributed by atoms with van der Waals surface area (Å²) in [5.41, 5.74) is 3.12. The second-order valence-corrected chi connectivity index (χ2v) is 6.49. The third-order valence-corrected chi connectivity index (χ3v) is 4.99. The number of aromatic nitrogens is 2. The van der Waals surface area contributed by atoms with Crippen molar-refractivity contribution in [2.24, 2.45) is 0 Å². The van der Waals surface area contributed by atoms with Crippen molar-refractivity contribution in [3.05, 3.63) is 57.0 Å². The van der Waals surface area contributed by atoms with Gasteiger partial charge < -0.3 is 5.32 Å². The van der Waals surface area contributed by atoms with E-state index < -0.39 is 0 Å². The minimum atomic E-state index is 0.284. The number of nitrogens with one attached hydrogen (secondary N) is 1. The summed E-state index contributed by atoms with van der Waals surface area (Å²) in [6, 6.07) is 8.74. The minimum Gasteiger partial charge on any atom is -0.313 e. The molecule has 3 rings (SSSR count). The lowest BCUT2D eigenvalue weighted by Crippen LogP contribution is -2.18. The Labute approximate surface area is 130 Å². The molecule has 0 amide bonds. The van der Waals surface area contributed by atoms with Gasteiger partial charge in [0.05, 0.1) is 11.0 Å². The Bertz CT molecular complexity index is 726. The van der Waals surface area contributed by atoms with E-state index in [1.54, 1.807) is 23.7 Å². The van der Waals surface area contributed by atoms with Crippen molar-refractivity contribution >= 4 is 38.3 Å². The molecule has 0 aliphatic carbocycles. The first-order valence-corrected chi connectivity index (χ1v) is 8.04. The van der Waals surface area contributed by atoms with Crippen LogP contribution in [0.15, 0.2) is 46.5 Å². The number of likely N-dealkylation sites (N-methyl/N-ethyl adjacent to an activating group) is 1. The highest BCUT2D eigenvalue weighted by atomic mass is 79.9. The Morgan fingerprint density at radius 1 is 1.20 bits per heavy atom. The van der Waals surface area contributed by atoms with E-state index in [1.807, 2.05) is 13.1 Å². The molecule has 0 aliphatic rings. The number of hydrogen-bond acceptors (Lipinski definition) is 4. The van der Waals surface area contributed by atoms with E-state index in [9.17, 15) is 0 Å². The van der Waals surface area contributed by atoms with Crippen molar-refractivity contribution in [2.75, 3.05) is 7.05 Å². The molecule has 0 radical (unpaired) electrons. The molecule has 20 heavy (non-hydrogen) atoms. The average Bonchev–Trinajstić information content (AvgIpc) is 2.89. The molecule has 0 saturated carbocycles. The predicted octanol–water partition coefficient (Wildman–Crippen LogP) is 3.96. The maximum atomic E-state index is 4.37. The quantitative estimate of drug-likeness (QED) is 0.776. The molecule has 0 bridgehead atoms. The van der Waals surface area contributed by atoms with Crippen LogP contribution in [0, 0.1) is 0 Å². The number of halogens is 1. The van der Waals surface area contributed by atoms with Crippen LogP contribution in [-0.4, -0.2) is 17.0 Å². The van der Waals surface area contributed by atoms with Crippen LogP contribution in [0.2, 0.25) is 0 Å². The van der Waals surface area contributed by atoms with Crippen LogP contribution >= 0.6 is 27.3 Å². The van der Waals surface area contributed by atoms with Gasteiger partial charge in [0, 0.05) is 39.6 Å². The lowest BCUT2D eigenvalue weighted by atomic mass is 10.0. The number of nitrogens with zero attached hydrogens (tertiary/aromatic N) is 2. The molecule has 3 aromatic rings. The standard InChI is InChI=1S/C15H14BrN3S/c1-17-14(8-12-7-11(16)9-20-12)10-2-3-13-15(6-10)19-5-4-18-13/h2-7,9,14,17H,8H2,1H3. The highest BCUT2D eigenvalue weighted by molar-refractivity contribution is 9.10. The molecule has 0 saturated heterocycles. The zero-order valence-corrected chi connectivity index (χ0v) is 13.4. The number of thiophene rings is 1. The summed E-state index contributed by atoms with van der Waals surface area (Å²) in [6.45, 7) is 0. The van der Waals surface area contributed by atoms with Crippen molar-refractivity contribution in [1.82, 2.24) is 15.3 Å². The monoisotopic (exact) mass is 347 g/mol. The molecule has 0 aliphatic heterocycles. The summed E-state index contributed by atoms with van der Waals surface area (Å²) in [6.07, 6.45) is 4.43. The highest BCUT2D eigenvalue weighted by Gasteiger charge is 2.12. The van der Waals surface area contributed by atoms with E-state index in [0.717, 1.165) is 21.9 Å². The molecule has 1 atom stereocenters. The molecule has 0 spiro atoms. The van der Waals surface area contributed by atoms with E-state index in [2.05, 4.69) is 54.8 Å². The molecule has 1 N–H and O–H groups in total. The van der Waals surface area contributed by atoms with Gasteiger partial charge >= 0.3 is 0 Å². The summed E-state index contributed by atoms with van der Waals surface area (Å²) in [5, 5.41) is 5.50. The van der Waals surface area contributed by atoms with Gasteiger partial charge in [-0.25, -0.2) is 0 Å². The van der Waals surface area contributed by atoms with Crippen LogP contribution in [0.1, 0.15) is 16.5 Å². The maximum Gasteiger partial charge on any atom is 0.0890 e. The molecule has 5 heteroatoms. The van der Waals surface area contributed by atoms with E-state index >= 15 is 0 Å². The number of fused-ring (bicyclic) bond motifs is 1. The minimum absolute atomic E-state index is 0.284. The van der Waals surface area contributed by atoms with E-state index in [-0.39, 0.29) is 6.04 Å². The fourth-order valence-corrected chi connectivity index (χ4v) is 3.74. The summed E-state index contributed by atoms with van der Waals surface area (Å²) < 4.78 is 1.15. The van der Waals surface area contributed by atoms with Gasteiger partial charge in [-0.1, -0.05) is 6.07 Å². The van der Waals surface area contributed by atoms with Gasteiger partial charge in [0.25, 0.3) is 0 Å². The van der Waals surface area contributed by atoms with Gasteiger partial charge in [-0.15, -0.1) is 11.3 Å². The highest BCUT2D eigenvalue weighted by Crippen LogP contribution is 2.26. The van der Waals surface area contributed by atoms with E-state index in [4.69, 9.17) is 0 Å². The number of rotatable bonds is 4. The molecule has 0 fully saturated rings. The second-order valence-electron chi connectivity index (χ2n) is 4.58. The van der Waals surface area contributed by atoms with Gasteiger partial charge in [-0.2, -0.15) is 0 Å². The van der Waals surface area contributed by atoms with E-state index in [1.165, 1.54) is 10.4 Å². The van der Waals surface area contributed by atoms with Crippen molar-refractivity contribution in [1.29, 1.82) is 0 Å². The third-order valence-electron chi connectivity index (χ3n) is 3.27. The summed E-state index contributed by atoms with van der Waals surface area (Å²) in [4.78, 5) is 10.0. The lowest BCUT2D eigenvalue weighted by Gasteiger charge is -2.16. The first-order valence-electron chi connectivity index (χ1n) is 6.37. The SMILES string of the molecule is CNC(Cc1cc(Br)cs1)c1ccc2nccnc2c1. The lowest BCUT2D eigenvalue weighted by molar-refractivity contribution is 0.597. The van der Waals surface area contributed by atoms with Crippen molar-refractivity contribution < 1.29 is 0 Å². The zero-order valence-electron chi connectivity index (χ0n) is 11.0. The van der Waals surface area contributed by atoms with Crippen LogP contribution < -0.4 is 5.32 Å². The zero-order chi connectivity index (χ0) is 13.9. The Morgan fingerprint density at radius 3 is 2.70 bits per heavy atom. The van der Waals surface area contributed by atoms with Crippen molar-refractivity contribution in [3.63, 3.8) is 0 Å². The van der Waals surface area contributed by atoms with Crippen LogP contribution in [-0.2, 0) is 6.42 Å². The average molecular weight is 348 g/mol. The fourth-order valence-electron chi connectivity index (χ4n) is 2.25. The van der Waals surface area contributed by atoms with Crippen molar-refractivity contribution in [2.45, 2.75) is 12.5 Å². The first-order chi connectivity index (χ1) is 9.76. The van der Waals surface area contributed by atoms with Gasteiger partial charge in [0.1, 0.15) is 0 Å². The molecule has 1 unspecified atom stereocenters. The normalized spacial score (nSPS) is 12.7. The maximum absolute atomic E-state index is 4.37. The Morgan fingerprint density at radius 2 is 2.00 bits per heavy atom. The van der Waals surface area contributed by atoms with Crippen LogP contribution in [0.4, 0.5) is 0 Å². The molecule has 102 valence electrons. The smallest absolute Gasteiger partial charge is 0.0890 e. The van der Waals surface area contributed by atoms with E-state index in [0.29, 0.717) is 0 Å². The summed E-state index contributed by atoms with van der Waals surface area (Å²) in [7, 11) is 1.99. The Hall–Kier alpha value is -1.30. The van der Waals surface area contributed by atoms with Gasteiger partial charge in [-0.05, 0) is 46.7 Å².